The summed E-state index contributed by atoms with van der Waals surface area (Å²) in [5.41, 5.74) is 5.30. The fourth-order valence-corrected chi connectivity index (χ4v) is 1.23. The molecular formula is C9H18N4O2. The molecule has 1 saturated heterocycles. The second kappa shape index (κ2) is 5.55. The molecule has 0 aliphatic carbocycles. The zero-order valence-corrected chi connectivity index (χ0v) is 8.95. The number of morpholine rings is 1. The first-order valence-electron chi connectivity index (χ1n) is 5.05. The first kappa shape index (κ1) is 11.8. The van der Waals surface area contributed by atoms with Gasteiger partial charge in [-0.3, -0.25) is 5.41 Å². The fraction of sp³-hybridized carbons (Fsp3) is 0.778. The minimum atomic E-state index is -0.116. The van der Waals surface area contributed by atoms with Crippen molar-refractivity contribution in [3.63, 3.8) is 0 Å². The summed E-state index contributed by atoms with van der Waals surface area (Å²) in [6, 6.07) is -0.105. The molecular weight excluding hydrogens is 196 g/mol. The van der Waals surface area contributed by atoms with E-state index in [2.05, 4.69) is 5.32 Å². The number of ether oxygens (including phenoxy) is 1. The Balaban J connectivity index is 2.25. The molecule has 1 aliphatic heterocycles. The number of nitrogens with one attached hydrogen (secondary N) is 2. The molecule has 4 N–H and O–H groups in total. The van der Waals surface area contributed by atoms with Gasteiger partial charge in [0.1, 0.15) is 0 Å². The Morgan fingerprint density at radius 2 is 2.20 bits per heavy atom. The van der Waals surface area contributed by atoms with E-state index in [1.165, 1.54) is 0 Å². The number of urea groups is 1. The van der Waals surface area contributed by atoms with Gasteiger partial charge in [0.15, 0.2) is 0 Å². The van der Waals surface area contributed by atoms with Crippen molar-refractivity contribution in [1.82, 2.24) is 10.2 Å². The van der Waals surface area contributed by atoms with Gasteiger partial charge in [-0.05, 0) is 0 Å². The molecule has 0 saturated carbocycles. The quantitative estimate of drug-likeness (QED) is 0.441. The molecule has 0 radical (unpaired) electrons. The van der Waals surface area contributed by atoms with Crippen molar-refractivity contribution in [1.29, 1.82) is 5.41 Å². The Hall–Kier alpha value is -1.30. The summed E-state index contributed by atoms with van der Waals surface area (Å²) in [7, 11) is 0. The Bertz CT molecular complexity index is 238. The van der Waals surface area contributed by atoms with Crippen LogP contribution in [0.4, 0.5) is 4.79 Å². The van der Waals surface area contributed by atoms with E-state index in [1.807, 2.05) is 6.92 Å². The number of carbonyl (C=O) groups is 1. The second-order valence-corrected chi connectivity index (χ2v) is 3.64. The van der Waals surface area contributed by atoms with E-state index >= 15 is 0 Å². The van der Waals surface area contributed by atoms with Crippen LogP contribution in [0.3, 0.4) is 0 Å². The topological polar surface area (TPSA) is 91.4 Å². The van der Waals surface area contributed by atoms with Crippen LogP contribution in [0.25, 0.3) is 0 Å². The third-order valence-corrected chi connectivity index (χ3v) is 2.39. The Morgan fingerprint density at radius 1 is 1.60 bits per heavy atom. The zero-order chi connectivity index (χ0) is 11.3. The monoisotopic (exact) mass is 214 g/mol. The number of nitrogens with two attached hydrogens (primary N) is 1. The standard InChI is InChI=1S/C9H18N4O2/c1-7(8(10)11)6-12-9(14)13-2-4-15-5-3-13/h7H,2-6H2,1H3,(H3,10,11)(H,12,14). The van der Waals surface area contributed by atoms with Gasteiger partial charge in [-0.15, -0.1) is 0 Å². The molecule has 1 atom stereocenters. The van der Waals surface area contributed by atoms with Gasteiger partial charge >= 0.3 is 6.03 Å². The van der Waals surface area contributed by atoms with Crippen LogP contribution in [-0.4, -0.2) is 49.6 Å². The van der Waals surface area contributed by atoms with Gasteiger partial charge in [0.05, 0.1) is 19.0 Å². The molecule has 0 aromatic carbocycles. The van der Waals surface area contributed by atoms with E-state index in [0.717, 1.165) is 0 Å². The van der Waals surface area contributed by atoms with Crippen LogP contribution in [0.2, 0.25) is 0 Å². The highest BCUT2D eigenvalue weighted by Gasteiger charge is 2.17. The summed E-state index contributed by atoms with van der Waals surface area (Å²) in [5, 5.41) is 9.93. The van der Waals surface area contributed by atoms with Gasteiger partial charge in [0.25, 0.3) is 0 Å². The number of nitrogens with zero attached hydrogens (tertiary/aromatic N) is 1. The third-order valence-electron chi connectivity index (χ3n) is 2.39. The van der Waals surface area contributed by atoms with Crippen LogP contribution >= 0.6 is 0 Å². The molecule has 86 valence electrons. The number of rotatable bonds is 3. The average Bonchev–Trinajstić information content (AvgIpc) is 2.26. The summed E-state index contributed by atoms with van der Waals surface area (Å²) in [5.74, 6) is -0.0210. The number of carbonyl (C=O) groups excluding carboxylic acids is 1. The molecule has 1 heterocycles. The number of amidine groups is 1. The molecule has 2 amide bonds. The van der Waals surface area contributed by atoms with Crippen LogP contribution < -0.4 is 11.1 Å². The van der Waals surface area contributed by atoms with E-state index in [1.54, 1.807) is 4.90 Å². The lowest BCUT2D eigenvalue weighted by atomic mass is 10.1. The minimum Gasteiger partial charge on any atom is -0.387 e. The number of hydrogen-bond acceptors (Lipinski definition) is 3. The summed E-state index contributed by atoms with van der Waals surface area (Å²) >= 11 is 0. The lowest BCUT2D eigenvalue weighted by molar-refractivity contribution is 0.0531. The highest BCUT2D eigenvalue weighted by atomic mass is 16.5. The van der Waals surface area contributed by atoms with E-state index in [9.17, 15) is 4.79 Å². The molecule has 0 aromatic heterocycles. The lowest BCUT2D eigenvalue weighted by Gasteiger charge is -2.27. The molecule has 1 fully saturated rings. The summed E-state index contributed by atoms with van der Waals surface area (Å²) in [6.45, 7) is 4.65. The van der Waals surface area contributed by atoms with Crippen LogP contribution in [-0.2, 0) is 4.74 Å². The number of amides is 2. The fourth-order valence-electron chi connectivity index (χ4n) is 1.23. The van der Waals surface area contributed by atoms with E-state index < -0.39 is 0 Å². The first-order valence-corrected chi connectivity index (χ1v) is 5.05. The molecule has 0 bridgehead atoms. The van der Waals surface area contributed by atoms with Crippen LogP contribution in [0.15, 0.2) is 0 Å². The van der Waals surface area contributed by atoms with Gasteiger partial charge in [-0.2, -0.15) is 0 Å². The normalized spacial score (nSPS) is 18.3. The van der Waals surface area contributed by atoms with Crippen molar-refractivity contribution < 1.29 is 9.53 Å². The molecule has 0 spiro atoms. The Kier molecular flexibility index (Phi) is 4.36. The highest BCUT2D eigenvalue weighted by molar-refractivity contribution is 5.80. The van der Waals surface area contributed by atoms with Gasteiger partial charge in [-0.25, -0.2) is 4.79 Å². The molecule has 15 heavy (non-hydrogen) atoms. The van der Waals surface area contributed by atoms with E-state index in [0.29, 0.717) is 32.8 Å². The summed E-state index contributed by atoms with van der Waals surface area (Å²) < 4.78 is 5.14. The van der Waals surface area contributed by atoms with Crippen molar-refractivity contribution in [3.05, 3.63) is 0 Å². The van der Waals surface area contributed by atoms with E-state index in [-0.39, 0.29) is 17.8 Å². The van der Waals surface area contributed by atoms with Crippen molar-refractivity contribution >= 4 is 11.9 Å². The lowest BCUT2D eigenvalue weighted by Crippen LogP contribution is -2.47. The van der Waals surface area contributed by atoms with Crippen LogP contribution in [0.1, 0.15) is 6.92 Å². The van der Waals surface area contributed by atoms with Crippen molar-refractivity contribution in [2.24, 2.45) is 11.7 Å². The summed E-state index contributed by atoms with van der Waals surface area (Å²) in [6.07, 6.45) is 0. The molecule has 1 rings (SSSR count). The van der Waals surface area contributed by atoms with Crippen LogP contribution in [0.5, 0.6) is 0 Å². The van der Waals surface area contributed by atoms with Gasteiger partial charge in [-0.1, -0.05) is 6.92 Å². The largest absolute Gasteiger partial charge is 0.387 e. The first-order chi connectivity index (χ1) is 7.11. The van der Waals surface area contributed by atoms with Gasteiger partial charge < -0.3 is 20.7 Å². The minimum absolute atomic E-state index is 0.0947. The van der Waals surface area contributed by atoms with Crippen molar-refractivity contribution in [2.75, 3.05) is 32.8 Å². The molecule has 1 aliphatic rings. The van der Waals surface area contributed by atoms with Gasteiger partial charge in [0.2, 0.25) is 0 Å². The summed E-state index contributed by atoms with van der Waals surface area (Å²) in [4.78, 5) is 13.3. The predicted molar refractivity (Wildman–Crippen MR) is 56.9 cm³/mol. The van der Waals surface area contributed by atoms with Gasteiger partial charge in [0, 0.05) is 25.6 Å². The molecule has 1 unspecified atom stereocenters. The maximum Gasteiger partial charge on any atom is 0.317 e. The zero-order valence-electron chi connectivity index (χ0n) is 8.95. The van der Waals surface area contributed by atoms with Crippen LogP contribution in [0, 0.1) is 11.3 Å². The predicted octanol–water partition coefficient (Wildman–Crippen LogP) is -0.400. The maximum atomic E-state index is 11.6. The molecule has 6 heteroatoms. The molecule has 6 nitrogen and oxygen atoms in total. The third kappa shape index (κ3) is 3.75. The SMILES string of the molecule is CC(CNC(=O)N1CCOCC1)C(=N)N. The molecule has 0 aromatic rings. The Labute approximate surface area is 89.3 Å². The Morgan fingerprint density at radius 3 is 2.73 bits per heavy atom. The van der Waals surface area contributed by atoms with Crippen molar-refractivity contribution in [3.8, 4) is 0 Å². The smallest absolute Gasteiger partial charge is 0.317 e. The average molecular weight is 214 g/mol. The maximum absolute atomic E-state index is 11.6. The second-order valence-electron chi connectivity index (χ2n) is 3.64. The van der Waals surface area contributed by atoms with E-state index in [4.69, 9.17) is 15.9 Å². The number of hydrogen-bond donors (Lipinski definition) is 3. The van der Waals surface area contributed by atoms with Crippen molar-refractivity contribution in [2.45, 2.75) is 6.92 Å². The highest BCUT2D eigenvalue weighted by Crippen LogP contribution is 1.98.